The van der Waals surface area contributed by atoms with Crippen LogP contribution in [0.25, 0.3) is 0 Å². The molecule has 0 aromatic rings. The Kier molecular flexibility index (Phi) is 7.08. The van der Waals surface area contributed by atoms with Crippen molar-refractivity contribution in [1.29, 1.82) is 0 Å². The van der Waals surface area contributed by atoms with Crippen LogP contribution in [-0.4, -0.2) is 35.4 Å². The molecule has 0 rings (SSSR count). The molecule has 0 spiro atoms. The molecule has 0 nitrogen and oxygen atoms in total. The molecule has 0 saturated carbocycles. The van der Waals surface area contributed by atoms with E-state index in [9.17, 15) is 0 Å². The molecule has 1 radical (unpaired) electrons. The van der Waals surface area contributed by atoms with Crippen LogP contribution >= 0.6 is 0 Å². The molecular weight excluding hydrogens is 385 g/mol. The summed E-state index contributed by atoms with van der Waals surface area (Å²) in [7, 11) is -2.84. The minimum atomic E-state index is -1.42. The van der Waals surface area contributed by atoms with Crippen LogP contribution < -0.4 is 0 Å². The fourth-order valence-electron chi connectivity index (χ4n) is 4.75. The molecule has 0 aliphatic rings. The van der Waals surface area contributed by atoms with Gasteiger partial charge in [0.25, 0.3) is 0 Å². The first-order valence-corrected chi connectivity index (χ1v) is 23.0. The van der Waals surface area contributed by atoms with E-state index in [1.807, 2.05) is 0 Å². The zero-order chi connectivity index (χ0) is 19.3. The van der Waals surface area contributed by atoms with Crippen molar-refractivity contribution in [3.05, 3.63) is 0 Å². The fraction of sp³-hybridized carbons (Fsp3) is 1.00. The summed E-state index contributed by atoms with van der Waals surface area (Å²) in [6.07, 6.45) is 0. The average Bonchev–Trinajstić information content (AvgIpc) is 2.22. The van der Waals surface area contributed by atoms with Crippen molar-refractivity contribution in [2.45, 2.75) is 122 Å². The Morgan fingerprint density at radius 3 is 0.783 bits per heavy atom. The van der Waals surface area contributed by atoms with Crippen molar-refractivity contribution < 1.29 is 0 Å². The summed E-state index contributed by atoms with van der Waals surface area (Å²) in [5, 5.41) is 2.02. The van der Waals surface area contributed by atoms with Gasteiger partial charge in [0.1, 0.15) is 0 Å². The van der Waals surface area contributed by atoms with Crippen molar-refractivity contribution in [1.82, 2.24) is 0 Å². The molecule has 0 aliphatic carbocycles. The molecule has 0 N–H and O–H groups in total. The molecular formula is C19H45GeSi3. The number of hydrogen-bond donors (Lipinski definition) is 0. The van der Waals surface area contributed by atoms with Crippen molar-refractivity contribution >= 4 is 35.4 Å². The molecule has 23 heavy (non-hydrogen) atoms. The van der Waals surface area contributed by atoms with E-state index < -0.39 is 15.2 Å². The van der Waals surface area contributed by atoms with Gasteiger partial charge >= 0.3 is 157 Å². The summed E-state index contributed by atoms with van der Waals surface area (Å²) < 4.78 is 0. The normalized spacial score (nSPS) is 15.6. The third kappa shape index (κ3) is 3.98. The zero-order valence-electron chi connectivity index (χ0n) is 19.0. The average molecular weight is 430 g/mol. The van der Waals surface area contributed by atoms with Crippen molar-refractivity contribution in [2.75, 3.05) is 0 Å². The maximum absolute atomic E-state index is 2.82. The van der Waals surface area contributed by atoms with Gasteiger partial charge in [0.05, 0.1) is 0 Å². The van der Waals surface area contributed by atoms with Gasteiger partial charge in [-0.15, -0.1) is 0 Å². The second-order valence-corrected chi connectivity index (χ2v) is 46.7. The van der Waals surface area contributed by atoms with Gasteiger partial charge in [0, 0.05) is 0 Å². The van der Waals surface area contributed by atoms with Gasteiger partial charge in [-0.25, -0.2) is 0 Å². The zero-order valence-corrected chi connectivity index (χ0v) is 24.1. The molecule has 0 unspecified atom stereocenters. The molecule has 4 heteroatoms. The van der Waals surface area contributed by atoms with E-state index in [4.69, 9.17) is 0 Å². The van der Waals surface area contributed by atoms with E-state index in [2.05, 4.69) is 102 Å². The minimum absolute atomic E-state index is 0.169. The molecule has 0 bridgehead atoms. The van der Waals surface area contributed by atoms with Crippen LogP contribution in [0, 0.1) is 0 Å². The van der Waals surface area contributed by atoms with Crippen LogP contribution in [0.3, 0.4) is 0 Å². The summed E-state index contributed by atoms with van der Waals surface area (Å²) in [5.41, 5.74) is 0. The molecule has 0 aliphatic heterocycles. The van der Waals surface area contributed by atoms with E-state index in [0.29, 0.717) is 20.2 Å². The summed E-state index contributed by atoms with van der Waals surface area (Å²) in [5.74, 6) is 2.37. The molecule has 0 heterocycles. The second kappa shape index (κ2) is 6.73. The molecule has 0 aromatic carbocycles. The Bertz CT molecular complexity index is 383. The Morgan fingerprint density at radius 1 is 0.522 bits per heavy atom. The fourth-order valence-corrected chi connectivity index (χ4v) is 99.0. The van der Waals surface area contributed by atoms with Crippen molar-refractivity contribution in [2.24, 2.45) is 0 Å². The van der Waals surface area contributed by atoms with Gasteiger partial charge in [-0.1, -0.05) is 0 Å². The van der Waals surface area contributed by atoms with Crippen LogP contribution in [0.2, 0.25) is 39.0 Å². The predicted octanol–water partition coefficient (Wildman–Crippen LogP) is 7.24. The molecule has 0 fully saturated rings. The first kappa shape index (κ1) is 24.2. The number of rotatable bonds is 2. The third-order valence-electron chi connectivity index (χ3n) is 7.25. The standard InChI is InChI=1S/C19H45GeSi3/c1-16(2,3)22(14,17(4,5)6)21(20-13)23(15,18(7,8)9)19(10,11)12/h1-15H3. The maximum atomic E-state index is 2.82. The Hall–Kier alpha value is 1.19. The van der Waals surface area contributed by atoms with Gasteiger partial charge in [0.2, 0.25) is 0 Å². The Balaban J connectivity index is 6.93. The molecule has 0 saturated heterocycles. The Morgan fingerprint density at radius 2 is 0.696 bits per heavy atom. The molecule has 0 atom stereocenters. The molecule has 0 amide bonds. The summed E-state index contributed by atoms with van der Waals surface area (Å²) in [6.45, 7) is 36.6. The second-order valence-electron chi connectivity index (χ2n) is 11.9. The first-order valence-electron chi connectivity index (χ1n) is 9.25. The van der Waals surface area contributed by atoms with E-state index in [1.165, 1.54) is 0 Å². The predicted molar refractivity (Wildman–Crippen MR) is 119 cm³/mol. The van der Waals surface area contributed by atoms with Gasteiger partial charge in [-0.05, 0) is 0 Å². The van der Waals surface area contributed by atoms with Gasteiger partial charge < -0.3 is 0 Å². The van der Waals surface area contributed by atoms with E-state index in [0.717, 1.165) is 0 Å². The van der Waals surface area contributed by atoms with Gasteiger partial charge in [-0.2, -0.15) is 0 Å². The SMILES string of the molecule is [CH3][Ge]=[Si]([Si](C)(C(C)(C)C)C(C)(C)C)[Si](C)(C(C)(C)C)C(C)(C)C. The quantitative estimate of drug-likeness (QED) is 0.405. The summed E-state index contributed by atoms with van der Waals surface area (Å²) in [4.78, 5) is 0. The van der Waals surface area contributed by atoms with Crippen LogP contribution in [0.5, 0.6) is 0 Å². The topological polar surface area (TPSA) is 0 Å². The van der Waals surface area contributed by atoms with Crippen molar-refractivity contribution in [3.8, 4) is 0 Å². The van der Waals surface area contributed by atoms with Gasteiger partial charge in [0.15, 0.2) is 0 Å². The monoisotopic (exact) mass is 431 g/mol. The molecule has 0 aromatic heterocycles. The van der Waals surface area contributed by atoms with E-state index >= 15 is 0 Å². The van der Waals surface area contributed by atoms with Crippen LogP contribution in [-0.2, 0) is 0 Å². The van der Waals surface area contributed by atoms with E-state index in [-0.39, 0.29) is 20.2 Å². The summed E-state index contributed by atoms with van der Waals surface area (Å²) in [6, 6.07) is 0. The first-order chi connectivity index (χ1) is 9.69. The summed E-state index contributed by atoms with van der Waals surface area (Å²) >= 11 is 0.169. The Labute approximate surface area is 157 Å². The third-order valence-corrected chi connectivity index (χ3v) is 75.6. The number of hydrogen-bond acceptors (Lipinski definition) is 0. The van der Waals surface area contributed by atoms with Crippen LogP contribution in [0.4, 0.5) is 0 Å². The molecule has 137 valence electrons. The van der Waals surface area contributed by atoms with Crippen molar-refractivity contribution in [3.63, 3.8) is 0 Å². The van der Waals surface area contributed by atoms with Crippen LogP contribution in [0.1, 0.15) is 83.1 Å². The van der Waals surface area contributed by atoms with Crippen LogP contribution in [0.15, 0.2) is 0 Å². The van der Waals surface area contributed by atoms with Gasteiger partial charge in [-0.3, -0.25) is 0 Å². The van der Waals surface area contributed by atoms with E-state index in [1.54, 1.807) is 0 Å².